The Kier molecular flexibility index (Phi) is 8.40. The molecule has 1 aliphatic carbocycles. The molecule has 8 heteroatoms. The molecular weight excluding hydrogens is 512 g/mol. The highest BCUT2D eigenvalue weighted by Gasteiger charge is 2.47. The third-order valence-electron chi connectivity index (χ3n) is 7.26. The van der Waals surface area contributed by atoms with Gasteiger partial charge in [0.15, 0.2) is 0 Å². The average Bonchev–Trinajstić information content (AvgIpc) is 3.75. The normalized spacial score (nSPS) is 14.0. The van der Waals surface area contributed by atoms with Crippen molar-refractivity contribution in [3.8, 4) is 11.1 Å². The maximum Gasteiger partial charge on any atom is 0.276 e. The number of allylic oxidation sites excluding steroid dienone is 1. The summed E-state index contributed by atoms with van der Waals surface area (Å²) in [5.41, 5.74) is 7.08. The first-order valence-electron chi connectivity index (χ1n) is 13.4. The molecule has 0 bridgehead atoms. The van der Waals surface area contributed by atoms with Crippen LogP contribution in [-0.2, 0) is 10.7 Å². The summed E-state index contributed by atoms with van der Waals surface area (Å²) in [6.45, 7) is 9.61. The van der Waals surface area contributed by atoms with Gasteiger partial charge in [0.25, 0.3) is 17.7 Å². The zero-order chi connectivity index (χ0) is 29.2. The van der Waals surface area contributed by atoms with E-state index in [1.54, 1.807) is 0 Å². The minimum absolute atomic E-state index is 0.0630. The predicted octanol–water partition coefficient (Wildman–Crippen LogP) is 7.17. The number of carbonyl (C=O) groups is 2. The van der Waals surface area contributed by atoms with Crippen LogP contribution in [0.1, 0.15) is 72.1 Å². The molecule has 0 unspecified atom stereocenters. The van der Waals surface area contributed by atoms with E-state index in [1.807, 2.05) is 63.5 Å². The van der Waals surface area contributed by atoms with Crippen LogP contribution in [0.25, 0.3) is 11.1 Å². The number of amides is 2. The van der Waals surface area contributed by atoms with Crippen LogP contribution in [-0.4, -0.2) is 17.0 Å². The fourth-order valence-corrected chi connectivity index (χ4v) is 4.82. The van der Waals surface area contributed by atoms with Crippen molar-refractivity contribution >= 4 is 17.5 Å². The van der Waals surface area contributed by atoms with Crippen molar-refractivity contribution in [1.29, 1.82) is 0 Å². The molecular formula is C32H35F2N3O3. The third kappa shape index (κ3) is 6.23. The molecule has 0 heterocycles. The third-order valence-corrected chi connectivity index (χ3v) is 7.26. The highest BCUT2D eigenvalue weighted by atomic mass is 19.3. The van der Waals surface area contributed by atoms with Crippen molar-refractivity contribution < 1.29 is 23.6 Å². The van der Waals surface area contributed by atoms with Crippen molar-refractivity contribution in [1.82, 2.24) is 10.8 Å². The highest BCUT2D eigenvalue weighted by molar-refractivity contribution is 6.05. The maximum absolute atomic E-state index is 14.6. The number of aryl methyl sites for hydroxylation is 2. The van der Waals surface area contributed by atoms with E-state index in [2.05, 4.69) is 16.7 Å². The molecule has 4 rings (SSSR count). The molecule has 0 aliphatic heterocycles. The molecule has 6 nitrogen and oxygen atoms in total. The van der Waals surface area contributed by atoms with Crippen molar-refractivity contribution in [3.63, 3.8) is 0 Å². The lowest BCUT2D eigenvalue weighted by Gasteiger charge is -2.18. The number of carbonyl (C=O) groups excluding carboxylic acids is 2. The summed E-state index contributed by atoms with van der Waals surface area (Å²) < 4.78 is 29.1. The van der Waals surface area contributed by atoms with Crippen LogP contribution in [0.3, 0.4) is 0 Å². The summed E-state index contributed by atoms with van der Waals surface area (Å²) in [6.07, 6.45) is 0.936. The van der Waals surface area contributed by atoms with E-state index >= 15 is 0 Å². The van der Waals surface area contributed by atoms with Crippen LogP contribution < -0.4 is 16.1 Å². The van der Waals surface area contributed by atoms with Crippen LogP contribution in [0, 0.1) is 19.8 Å². The number of alkyl halides is 2. The monoisotopic (exact) mass is 547 g/mol. The Balaban J connectivity index is 1.58. The van der Waals surface area contributed by atoms with E-state index in [0.29, 0.717) is 18.4 Å². The first kappa shape index (κ1) is 29.0. The Morgan fingerprint density at radius 3 is 2.23 bits per heavy atom. The summed E-state index contributed by atoms with van der Waals surface area (Å²) in [7, 11) is 0. The number of benzene rings is 3. The molecule has 0 atom stereocenters. The summed E-state index contributed by atoms with van der Waals surface area (Å²) >= 11 is 0. The molecule has 3 aromatic carbocycles. The van der Waals surface area contributed by atoms with Crippen molar-refractivity contribution in [2.24, 2.45) is 5.92 Å². The number of anilines is 1. The largest absolute Gasteiger partial charge is 0.324 e. The number of hydroxylamine groups is 1. The lowest BCUT2D eigenvalue weighted by molar-refractivity contribution is -0.114. The van der Waals surface area contributed by atoms with Crippen LogP contribution in [0.5, 0.6) is 0 Å². The fourth-order valence-electron chi connectivity index (χ4n) is 4.82. The van der Waals surface area contributed by atoms with E-state index in [4.69, 9.17) is 0 Å². The number of hydrogen-bond donors (Lipinski definition) is 4. The Hall–Kier alpha value is -4.04. The average molecular weight is 548 g/mol. The Morgan fingerprint density at radius 2 is 1.62 bits per heavy atom. The summed E-state index contributed by atoms with van der Waals surface area (Å²) in [6, 6.07) is 17.2. The quantitative estimate of drug-likeness (QED) is 0.169. The lowest BCUT2D eigenvalue weighted by Crippen LogP contribution is -2.31. The zero-order valence-corrected chi connectivity index (χ0v) is 23.4. The first-order valence-corrected chi connectivity index (χ1v) is 13.4. The predicted molar refractivity (Wildman–Crippen MR) is 152 cm³/mol. The Labute approximate surface area is 233 Å². The SMILES string of the molecule is C/C(NC(=O)c1cc(-c2c(C)cccc2C)cc(C(C)C)c1)=C(/NO)C(=O)Nc1cccc(C(F)(F)C2CC2)c1. The molecule has 0 saturated heterocycles. The highest BCUT2D eigenvalue weighted by Crippen LogP contribution is 2.49. The second-order valence-electron chi connectivity index (χ2n) is 10.8. The number of rotatable bonds is 9. The summed E-state index contributed by atoms with van der Waals surface area (Å²) in [4.78, 5) is 26.3. The van der Waals surface area contributed by atoms with Gasteiger partial charge in [-0.3, -0.25) is 20.3 Å². The van der Waals surface area contributed by atoms with Crippen LogP contribution in [0.2, 0.25) is 0 Å². The van der Waals surface area contributed by atoms with Gasteiger partial charge < -0.3 is 10.6 Å². The van der Waals surface area contributed by atoms with E-state index in [9.17, 15) is 23.6 Å². The summed E-state index contributed by atoms with van der Waals surface area (Å²) in [5, 5.41) is 14.9. The molecule has 4 N–H and O–H groups in total. The van der Waals surface area contributed by atoms with Crippen molar-refractivity contribution in [2.45, 2.75) is 59.3 Å². The van der Waals surface area contributed by atoms with Gasteiger partial charge in [-0.25, -0.2) is 8.78 Å². The molecule has 0 aromatic heterocycles. The second-order valence-corrected chi connectivity index (χ2v) is 10.8. The number of hydrogen-bond acceptors (Lipinski definition) is 4. The van der Waals surface area contributed by atoms with Gasteiger partial charge >= 0.3 is 0 Å². The van der Waals surface area contributed by atoms with Gasteiger partial charge in [-0.2, -0.15) is 0 Å². The minimum atomic E-state index is -2.97. The van der Waals surface area contributed by atoms with Gasteiger partial charge in [0.1, 0.15) is 5.70 Å². The van der Waals surface area contributed by atoms with E-state index in [1.165, 1.54) is 31.2 Å². The number of nitrogens with one attached hydrogen (secondary N) is 3. The molecule has 1 aliphatic rings. The Bertz CT molecular complexity index is 1460. The standard InChI is InChI=1S/C32H35F2N3O3/c1-18(2)22-14-23(28-19(3)8-6-9-20(28)4)16-24(15-22)30(38)35-21(5)29(37-40)31(39)36-27-11-7-10-26(17-27)32(33,34)25-12-13-25/h6-11,14-18,25,37,40H,12-13H2,1-5H3,(H,35,38)(H,36,39)/b29-21-. The summed E-state index contributed by atoms with van der Waals surface area (Å²) in [5.74, 6) is -4.75. The fraction of sp³-hybridized carbons (Fsp3) is 0.312. The van der Waals surface area contributed by atoms with Crippen LogP contribution >= 0.6 is 0 Å². The molecule has 40 heavy (non-hydrogen) atoms. The van der Waals surface area contributed by atoms with Gasteiger partial charge in [-0.1, -0.05) is 50.2 Å². The molecule has 3 aromatic rings. The van der Waals surface area contributed by atoms with Gasteiger partial charge in [0.05, 0.1) is 0 Å². The smallest absolute Gasteiger partial charge is 0.276 e. The molecule has 0 spiro atoms. The van der Waals surface area contributed by atoms with Gasteiger partial charge in [-0.15, -0.1) is 0 Å². The van der Waals surface area contributed by atoms with Crippen molar-refractivity contribution in [3.05, 3.63) is 99.9 Å². The molecule has 2 amide bonds. The van der Waals surface area contributed by atoms with Gasteiger partial charge in [0.2, 0.25) is 0 Å². The molecule has 210 valence electrons. The van der Waals surface area contributed by atoms with Gasteiger partial charge in [-0.05, 0) is 91.6 Å². The van der Waals surface area contributed by atoms with Gasteiger partial charge in [0, 0.05) is 28.4 Å². The van der Waals surface area contributed by atoms with Crippen LogP contribution in [0.15, 0.2) is 72.1 Å². The van der Waals surface area contributed by atoms with E-state index in [-0.39, 0.29) is 28.6 Å². The van der Waals surface area contributed by atoms with E-state index < -0.39 is 23.7 Å². The molecule has 1 saturated carbocycles. The molecule has 1 fully saturated rings. The zero-order valence-electron chi connectivity index (χ0n) is 23.4. The van der Waals surface area contributed by atoms with Crippen molar-refractivity contribution in [2.75, 3.05) is 5.32 Å². The first-order chi connectivity index (χ1) is 18.9. The number of halogens is 2. The van der Waals surface area contributed by atoms with Crippen LogP contribution in [0.4, 0.5) is 14.5 Å². The maximum atomic E-state index is 14.6. The van der Waals surface area contributed by atoms with E-state index in [0.717, 1.165) is 27.8 Å². The second kappa shape index (κ2) is 11.6. The molecule has 0 radical (unpaired) electrons. The Morgan fingerprint density at radius 1 is 0.975 bits per heavy atom. The lowest BCUT2D eigenvalue weighted by atomic mass is 9.90. The minimum Gasteiger partial charge on any atom is -0.324 e. The topological polar surface area (TPSA) is 90.5 Å².